The van der Waals surface area contributed by atoms with E-state index >= 15 is 0 Å². The number of carbonyl (C=O) groups excluding carboxylic acids is 1. The maximum Gasteiger partial charge on any atom is 0.252 e. The third-order valence-corrected chi connectivity index (χ3v) is 5.21. The molecule has 1 amide bonds. The summed E-state index contributed by atoms with van der Waals surface area (Å²) in [4.78, 5) is 17.2. The molecule has 0 saturated heterocycles. The number of pyridine rings is 1. The zero-order valence-electron chi connectivity index (χ0n) is 14.6. The van der Waals surface area contributed by atoms with Crippen LogP contribution in [-0.2, 0) is 19.4 Å². The highest BCUT2D eigenvalue weighted by molar-refractivity contribution is 9.10. The summed E-state index contributed by atoms with van der Waals surface area (Å²) >= 11 is 3.47. The van der Waals surface area contributed by atoms with E-state index in [9.17, 15) is 4.79 Å². The highest BCUT2D eigenvalue weighted by atomic mass is 79.9. The molecule has 1 N–H and O–H groups in total. The Balaban J connectivity index is 1.49. The van der Waals surface area contributed by atoms with E-state index in [1.807, 2.05) is 31.2 Å². The molecular weight excluding hydrogens is 394 g/mol. The smallest absolute Gasteiger partial charge is 0.252 e. The SMILES string of the molecule is Cc1cc(C(=O)NCCc2nnc3n2CCCC3)c2cc(Br)ccc2n1. The van der Waals surface area contributed by atoms with Gasteiger partial charge in [0.25, 0.3) is 5.91 Å². The van der Waals surface area contributed by atoms with Gasteiger partial charge in [0.15, 0.2) is 0 Å². The molecule has 1 aliphatic heterocycles. The van der Waals surface area contributed by atoms with Gasteiger partial charge in [-0.05, 0) is 44.0 Å². The first kappa shape index (κ1) is 17.1. The van der Waals surface area contributed by atoms with E-state index in [1.54, 1.807) is 0 Å². The normalized spacial score (nSPS) is 13.6. The molecule has 0 unspecified atom stereocenters. The summed E-state index contributed by atoms with van der Waals surface area (Å²) in [5, 5.41) is 12.4. The Bertz CT molecular complexity index is 981. The predicted octanol–water partition coefficient (Wildman–Crippen LogP) is 3.21. The second-order valence-electron chi connectivity index (χ2n) is 6.62. The van der Waals surface area contributed by atoms with Crippen molar-refractivity contribution in [2.75, 3.05) is 6.54 Å². The average molecular weight is 414 g/mol. The number of carbonyl (C=O) groups is 1. The molecule has 134 valence electrons. The van der Waals surface area contributed by atoms with E-state index in [-0.39, 0.29) is 5.91 Å². The summed E-state index contributed by atoms with van der Waals surface area (Å²) in [5.41, 5.74) is 2.30. The van der Waals surface area contributed by atoms with Crippen LogP contribution in [0.15, 0.2) is 28.7 Å². The molecule has 0 bridgehead atoms. The fourth-order valence-electron chi connectivity index (χ4n) is 3.45. The summed E-state index contributed by atoms with van der Waals surface area (Å²) in [6, 6.07) is 7.63. The van der Waals surface area contributed by atoms with Gasteiger partial charge in [-0.2, -0.15) is 0 Å². The Morgan fingerprint density at radius 1 is 1.27 bits per heavy atom. The fourth-order valence-corrected chi connectivity index (χ4v) is 3.82. The molecule has 0 saturated carbocycles. The van der Waals surface area contributed by atoms with Crippen LogP contribution in [0.25, 0.3) is 10.9 Å². The molecule has 2 aromatic heterocycles. The topological polar surface area (TPSA) is 72.7 Å². The van der Waals surface area contributed by atoms with Crippen molar-refractivity contribution in [3.63, 3.8) is 0 Å². The highest BCUT2D eigenvalue weighted by Gasteiger charge is 2.16. The van der Waals surface area contributed by atoms with Crippen molar-refractivity contribution in [3.8, 4) is 0 Å². The van der Waals surface area contributed by atoms with Gasteiger partial charge < -0.3 is 9.88 Å². The molecule has 3 aromatic rings. The van der Waals surface area contributed by atoms with Crippen molar-refractivity contribution < 1.29 is 4.79 Å². The predicted molar refractivity (Wildman–Crippen MR) is 103 cm³/mol. The minimum atomic E-state index is -0.0861. The van der Waals surface area contributed by atoms with Gasteiger partial charge in [-0.1, -0.05) is 15.9 Å². The van der Waals surface area contributed by atoms with Crippen molar-refractivity contribution in [1.29, 1.82) is 0 Å². The van der Waals surface area contributed by atoms with Gasteiger partial charge in [0, 0.05) is 41.5 Å². The van der Waals surface area contributed by atoms with Crippen LogP contribution in [0.3, 0.4) is 0 Å². The maximum absolute atomic E-state index is 12.7. The van der Waals surface area contributed by atoms with E-state index in [1.165, 1.54) is 12.8 Å². The standard InChI is InChI=1S/C19H20BrN5O/c1-12-10-15(14-11-13(20)5-6-16(14)22-12)19(26)21-8-7-18-24-23-17-4-2-3-9-25(17)18/h5-6,10-11H,2-4,7-9H2,1H3,(H,21,26). The van der Waals surface area contributed by atoms with Crippen LogP contribution in [0.1, 0.15) is 40.5 Å². The van der Waals surface area contributed by atoms with Crippen molar-refractivity contribution in [2.24, 2.45) is 0 Å². The molecule has 7 heteroatoms. The first-order chi connectivity index (χ1) is 12.6. The third kappa shape index (κ3) is 3.35. The molecule has 4 rings (SSSR count). The summed E-state index contributed by atoms with van der Waals surface area (Å²) < 4.78 is 3.12. The fraction of sp³-hybridized carbons (Fsp3) is 0.368. The molecule has 0 radical (unpaired) electrons. The number of nitrogens with one attached hydrogen (secondary N) is 1. The monoisotopic (exact) mass is 413 g/mol. The number of benzene rings is 1. The van der Waals surface area contributed by atoms with Crippen LogP contribution in [-0.4, -0.2) is 32.2 Å². The number of hydrogen-bond donors (Lipinski definition) is 1. The van der Waals surface area contributed by atoms with Gasteiger partial charge >= 0.3 is 0 Å². The summed E-state index contributed by atoms with van der Waals surface area (Å²) in [5.74, 6) is 1.94. The lowest BCUT2D eigenvalue weighted by molar-refractivity contribution is 0.0955. The lowest BCUT2D eigenvalue weighted by Gasteiger charge is -2.15. The second-order valence-corrected chi connectivity index (χ2v) is 7.54. The third-order valence-electron chi connectivity index (χ3n) is 4.71. The van der Waals surface area contributed by atoms with E-state index in [4.69, 9.17) is 0 Å². The van der Waals surface area contributed by atoms with Crippen LogP contribution in [0.2, 0.25) is 0 Å². The summed E-state index contributed by atoms with van der Waals surface area (Å²) in [6.45, 7) is 3.42. The Morgan fingerprint density at radius 2 is 2.15 bits per heavy atom. The van der Waals surface area contributed by atoms with E-state index in [0.29, 0.717) is 18.5 Å². The van der Waals surface area contributed by atoms with Gasteiger partial charge in [-0.25, -0.2) is 0 Å². The van der Waals surface area contributed by atoms with E-state index < -0.39 is 0 Å². The zero-order valence-corrected chi connectivity index (χ0v) is 16.2. The average Bonchev–Trinajstić information content (AvgIpc) is 3.04. The molecule has 0 atom stereocenters. The number of halogens is 1. The Morgan fingerprint density at radius 3 is 3.04 bits per heavy atom. The number of nitrogens with zero attached hydrogens (tertiary/aromatic N) is 4. The maximum atomic E-state index is 12.7. The van der Waals surface area contributed by atoms with Crippen LogP contribution >= 0.6 is 15.9 Å². The lowest BCUT2D eigenvalue weighted by Crippen LogP contribution is -2.27. The van der Waals surface area contributed by atoms with Crippen LogP contribution < -0.4 is 5.32 Å². The zero-order chi connectivity index (χ0) is 18.1. The largest absolute Gasteiger partial charge is 0.352 e. The molecule has 0 spiro atoms. The van der Waals surface area contributed by atoms with Crippen LogP contribution in [0, 0.1) is 6.92 Å². The van der Waals surface area contributed by atoms with Gasteiger partial charge in [0.05, 0.1) is 11.1 Å². The minimum Gasteiger partial charge on any atom is -0.352 e. The minimum absolute atomic E-state index is 0.0861. The van der Waals surface area contributed by atoms with E-state index in [2.05, 4.69) is 41.0 Å². The Kier molecular flexibility index (Phi) is 4.72. The quantitative estimate of drug-likeness (QED) is 0.712. The molecule has 0 aliphatic carbocycles. The number of rotatable bonds is 4. The van der Waals surface area contributed by atoms with Crippen molar-refractivity contribution in [1.82, 2.24) is 25.1 Å². The van der Waals surface area contributed by atoms with Gasteiger partial charge in [0.2, 0.25) is 0 Å². The highest BCUT2D eigenvalue weighted by Crippen LogP contribution is 2.23. The summed E-state index contributed by atoms with van der Waals surface area (Å²) in [7, 11) is 0. The van der Waals surface area contributed by atoms with Gasteiger partial charge in [-0.15, -0.1) is 10.2 Å². The first-order valence-electron chi connectivity index (χ1n) is 8.88. The van der Waals surface area contributed by atoms with Gasteiger partial charge in [0.1, 0.15) is 11.6 Å². The Hall–Kier alpha value is -2.28. The Labute approximate surface area is 160 Å². The van der Waals surface area contributed by atoms with Crippen molar-refractivity contribution in [2.45, 2.75) is 39.2 Å². The van der Waals surface area contributed by atoms with Crippen molar-refractivity contribution in [3.05, 3.63) is 51.6 Å². The molecule has 26 heavy (non-hydrogen) atoms. The molecule has 0 fully saturated rings. The number of amides is 1. The summed E-state index contributed by atoms with van der Waals surface area (Å²) in [6.07, 6.45) is 4.03. The van der Waals surface area contributed by atoms with Crippen LogP contribution in [0.5, 0.6) is 0 Å². The number of fused-ring (bicyclic) bond motifs is 2. The van der Waals surface area contributed by atoms with E-state index in [0.717, 1.165) is 45.7 Å². The molecular formula is C19H20BrN5O. The number of aromatic nitrogens is 4. The van der Waals surface area contributed by atoms with Crippen LogP contribution in [0.4, 0.5) is 0 Å². The van der Waals surface area contributed by atoms with Crippen molar-refractivity contribution >= 4 is 32.7 Å². The number of aryl methyl sites for hydroxylation is 2. The molecule has 3 heterocycles. The first-order valence-corrected chi connectivity index (χ1v) is 9.67. The van der Waals surface area contributed by atoms with Gasteiger partial charge in [-0.3, -0.25) is 9.78 Å². The molecule has 6 nitrogen and oxygen atoms in total. The molecule has 1 aliphatic rings. The molecule has 1 aromatic carbocycles. The number of hydrogen-bond acceptors (Lipinski definition) is 4. The lowest BCUT2D eigenvalue weighted by atomic mass is 10.1. The second kappa shape index (κ2) is 7.15.